The van der Waals surface area contributed by atoms with E-state index in [2.05, 4.69) is 13.8 Å². The molecule has 0 aromatic rings. The highest BCUT2D eigenvalue weighted by molar-refractivity contribution is 5.78. The zero-order valence-corrected chi connectivity index (χ0v) is 12.2. The first-order chi connectivity index (χ1) is 8.61. The summed E-state index contributed by atoms with van der Waals surface area (Å²) in [7, 11) is 0. The van der Waals surface area contributed by atoms with Crippen molar-refractivity contribution in [1.29, 1.82) is 0 Å². The highest BCUT2D eigenvalue weighted by Crippen LogP contribution is 2.22. The van der Waals surface area contributed by atoms with Crippen molar-refractivity contribution in [2.24, 2.45) is 11.7 Å². The predicted molar refractivity (Wildman–Crippen MR) is 76.2 cm³/mol. The van der Waals surface area contributed by atoms with Crippen molar-refractivity contribution in [1.82, 2.24) is 0 Å². The molecule has 1 unspecified atom stereocenters. The average Bonchev–Trinajstić information content (AvgIpc) is 2.34. The third kappa shape index (κ3) is 9.46. The fraction of sp³-hybridized carbons (Fsp3) is 0.933. The second-order valence-electron chi connectivity index (χ2n) is 5.37. The second-order valence-corrected chi connectivity index (χ2v) is 5.37. The van der Waals surface area contributed by atoms with Crippen LogP contribution in [0.4, 0.5) is 0 Å². The van der Waals surface area contributed by atoms with Gasteiger partial charge in [-0.1, -0.05) is 71.6 Å². The smallest absolute Gasteiger partial charge is 0.246 e. The molecule has 0 radical (unpaired) electrons. The lowest BCUT2D eigenvalue weighted by Crippen LogP contribution is -2.30. The maximum absolute atomic E-state index is 10.9. The van der Waals surface area contributed by atoms with Crippen LogP contribution in [-0.2, 0) is 4.79 Å². The molecule has 0 saturated heterocycles. The molecule has 0 aromatic heterocycles. The first-order valence-corrected chi connectivity index (χ1v) is 7.59. The van der Waals surface area contributed by atoms with Crippen LogP contribution in [0, 0.1) is 5.92 Å². The standard InChI is InChI=1S/C15H31NO2/c1-3-5-7-9-11-13(10-8-6-4-2)12-14(17)15(16)18/h13-14,17H,3-12H2,1-2H3,(H2,16,18)/t13?,14-/m1/s1. The first kappa shape index (κ1) is 17.4. The summed E-state index contributed by atoms with van der Waals surface area (Å²) >= 11 is 0. The van der Waals surface area contributed by atoms with E-state index in [-0.39, 0.29) is 0 Å². The molecule has 0 spiro atoms. The minimum atomic E-state index is -0.956. The molecule has 0 saturated carbocycles. The zero-order valence-electron chi connectivity index (χ0n) is 12.2. The Hall–Kier alpha value is -0.570. The van der Waals surface area contributed by atoms with Gasteiger partial charge in [0.1, 0.15) is 6.10 Å². The van der Waals surface area contributed by atoms with Crippen LogP contribution in [0.5, 0.6) is 0 Å². The number of unbranched alkanes of at least 4 members (excludes halogenated alkanes) is 5. The molecular weight excluding hydrogens is 226 g/mol. The van der Waals surface area contributed by atoms with E-state index in [9.17, 15) is 9.90 Å². The van der Waals surface area contributed by atoms with E-state index in [1.54, 1.807) is 0 Å². The molecule has 0 aliphatic heterocycles. The van der Waals surface area contributed by atoms with Gasteiger partial charge in [0.25, 0.3) is 0 Å². The lowest BCUT2D eigenvalue weighted by molar-refractivity contribution is -0.126. The summed E-state index contributed by atoms with van der Waals surface area (Å²) < 4.78 is 0. The Morgan fingerprint density at radius 2 is 1.50 bits per heavy atom. The van der Waals surface area contributed by atoms with Gasteiger partial charge in [-0.05, 0) is 12.3 Å². The fourth-order valence-corrected chi connectivity index (χ4v) is 2.35. The van der Waals surface area contributed by atoms with Gasteiger partial charge in [-0.15, -0.1) is 0 Å². The van der Waals surface area contributed by atoms with Gasteiger partial charge in [0.15, 0.2) is 0 Å². The van der Waals surface area contributed by atoms with E-state index in [4.69, 9.17) is 5.73 Å². The summed E-state index contributed by atoms with van der Waals surface area (Å²) in [5.74, 6) is -0.125. The Morgan fingerprint density at radius 3 is 2.00 bits per heavy atom. The minimum absolute atomic E-state index is 0.455. The number of hydrogen-bond acceptors (Lipinski definition) is 2. The number of carbonyl (C=O) groups is 1. The number of amides is 1. The number of nitrogens with two attached hydrogens (primary N) is 1. The molecule has 0 bridgehead atoms. The van der Waals surface area contributed by atoms with Gasteiger partial charge < -0.3 is 10.8 Å². The number of aliphatic hydroxyl groups excluding tert-OH is 1. The number of primary amides is 1. The molecule has 0 fully saturated rings. The molecule has 0 aliphatic rings. The summed E-state index contributed by atoms with van der Waals surface area (Å²) in [5, 5.41) is 9.58. The highest BCUT2D eigenvalue weighted by Gasteiger charge is 2.17. The van der Waals surface area contributed by atoms with Crippen LogP contribution in [-0.4, -0.2) is 17.1 Å². The summed E-state index contributed by atoms with van der Waals surface area (Å²) in [6.45, 7) is 4.39. The summed E-state index contributed by atoms with van der Waals surface area (Å²) in [4.78, 5) is 10.9. The van der Waals surface area contributed by atoms with E-state index in [1.165, 1.54) is 44.9 Å². The van der Waals surface area contributed by atoms with Gasteiger partial charge in [-0.3, -0.25) is 4.79 Å². The van der Waals surface area contributed by atoms with Crippen molar-refractivity contribution in [3.8, 4) is 0 Å². The lowest BCUT2D eigenvalue weighted by Gasteiger charge is -2.18. The third-order valence-electron chi connectivity index (χ3n) is 3.57. The van der Waals surface area contributed by atoms with Crippen LogP contribution >= 0.6 is 0 Å². The fourth-order valence-electron chi connectivity index (χ4n) is 2.35. The van der Waals surface area contributed by atoms with Crippen molar-refractivity contribution in [2.75, 3.05) is 0 Å². The normalized spacial score (nSPS) is 14.4. The molecule has 3 heteroatoms. The van der Waals surface area contributed by atoms with E-state index in [0.29, 0.717) is 12.3 Å². The second kappa shape index (κ2) is 11.5. The van der Waals surface area contributed by atoms with Gasteiger partial charge in [0.2, 0.25) is 5.91 Å². The van der Waals surface area contributed by atoms with Gasteiger partial charge in [-0.25, -0.2) is 0 Å². The van der Waals surface area contributed by atoms with Crippen LogP contribution in [0.1, 0.15) is 78.1 Å². The largest absolute Gasteiger partial charge is 0.383 e. The van der Waals surface area contributed by atoms with Crippen LogP contribution in [0.25, 0.3) is 0 Å². The number of rotatable bonds is 12. The predicted octanol–water partition coefficient (Wildman–Crippen LogP) is 3.39. The molecule has 0 heterocycles. The van der Waals surface area contributed by atoms with Crippen molar-refractivity contribution in [3.05, 3.63) is 0 Å². The Balaban J connectivity index is 3.94. The van der Waals surface area contributed by atoms with Gasteiger partial charge >= 0.3 is 0 Å². The Bertz CT molecular complexity index is 207. The van der Waals surface area contributed by atoms with Crippen LogP contribution in [0.3, 0.4) is 0 Å². The van der Waals surface area contributed by atoms with Crippen molar-refractivity contribution >= 4 is 5.91 Å². The summed E-state index contributed by atoms with van der Waals surface area (Å²) in [5.41, 5.74) is 5.13. The molecule has 3 nitrogen and oxygen atoms in total. The molecule has 1 amide bonds. The topological polar surface area (TPSA) is 63.3 Å². The minimum Gasteiger partial charge on any atom is -0.383 e. The van der Waals surface area contributed by atoms with Gasteiger partial charge in [0, 0.05) is 0 Å². The summed E-state index contributed by atoms with van der Waals surface area (Å²) in [6.07, 6.45) is 10.4. The zero-order chi connectivity index (χ0) is 13.8. The summed E-state index contributed by atoms with van der Waals surface area (Å²) in [6, 6.07) is 0. The highest BCUT2D eigenvalue weighted by atomic mass is 16.3. The first-order valence-electron chi connectivity index (χ1n) is 7.59. The average molecular weight is 257 g/mol. The maximum atomic E-state index is 10.9. The Morgan fingerprint density at radius 1 is 1.00 bits per heavy atom. The Labute approximate surface area is 112 Å². The van der Waals surface area contributed by atoms with E-state index in [0.717, 1.165) is 12.8 Å². The SMILES string of the molecule is CCCCCCC(CCCCC)C[C@@H](O)C(N)=O. The van der Waals surface area contributed by atoms with Crippen LogP contribution in [0.15, 0.2) is 0 Å². The molecule has 2 atom stereocenters. The van der Waals surface area contributed by atoms with Gasteiger partial charge in [0.05, 0.1) is 0 Å². The molecule has 18 heavy (non-hydrogen) atoms. The molecule has 0 aliphatic carbocycles. The third-order valence-corrected chi connectivity index (χ3v) is 3.57. The molecular formula is C15H31NO2. The van der Waals surface area contributed by atoms with Crippen molar-refractivity contribution in [2.45, 2.75) is 84.2 Å². The van der Waals surface area contributed by atoms with E-state index in [1.807, 2.05) is 0 Å². The lowest BCUT2D eigenvalue weighted by atomic mass is 9.89. The number of hydrogen-bond donors (Lipinski definition) is 2. The van der Waals surface area contributed by atoms with Crippen LogP contribution < -0.4 is 5.73 Å². The molecule has 0 rings (SSSR count). The monoisotopic (exact) mass is 257 g/mol. The number of aliphatic hydroxyl groups is 1. The maximum Gasteiger partial charge on any atom is 0.246 e. The van der Waals surface area contributed by atoms with E-state index >= 15 is 0 Å². The quantitative estimate of drug-likeness (QED) is 0.526. The van der Waals surface area contributed by atoms with Gasteiger partial charge in [-0.2, -0.15) is 0 Å². The van der Waals surface area contributed by atoms with Crippen molar-refractivity contribution < 1.29 is 9.90 Å². The Kier molecular flexibility index (Phi) is 11.2. The number of carbonyl (C=O) groups excluding carboxylic acids is 1. The molecule has 3 N–H and O–H groups in total. The molecule has 0 aromatic carbocycles. The molecule has 108 valence electrons. The van der Waals surface area contributed by atoms with E-state index < -0.39 is 12.0 Å². The van der Waals surface area contributed by atoms with Crippen LogP contribution in [0.2, 0.25) is 0 Å². The van der Waals surface area contributed by atoms with Crippen molar-refractivity contribution in [3.63, 3.8) is 0 Å².